The summed E-state index contributed by atoms with van der Waals surface area (Å²) in [6, 6.07) is 12.9. The van der Waals surface area contributed by atoms with Crippen LogP contribution in [0.1, 0.15) is 5.56 Å². The Hall–Kier alpha value is -1.13. The molecule has 0 radical (unpaired) electrons. The molecular weight excluding hydrogens is 305 g/mol. The Bertz CT molecular complexity index is 528. The fraction of sp³-hybridized carbons (Fsp3) is 0.312. The summed E-state index contributed by atoms with van der Waals surface area (Å²) < 4.78 is 0. The molecule has 0 saturated carbocycles. The van der Waals surface area contributed by atoms with E-state index in [0.29, 0.717) is 0 Å². The largest absolute Gasteiger partial charge is 0.314 e. The maximum Gasteiger partial charge on any atom is 0.0273 e. The quantitative estimate of drug-likeness (QED) is 0.940. The number of nitrogens with one attached hydrogen (secondary N) is 1. The molecule has 0 spiro atoms. The summed E-state index contributed by atoms with van der Waals surface area (Å²) in [6.07, 6.45) is 3.69. The first-order valence-electron chi connectivity index (χ1n) is 6.84. The number of halogens is 2. The third kappa shape index (κ3) is 4.97. The van der Waals surface area contributed by atoms with Crippen molar-refractivity contribution in [3.63, 3.8) is 0 Å². The van der Waals surface area contributed by atoms with Crippen LogP contribution in [0.5, 0.6) is 0 Å². The van der Waals surface area contributed by atoms with Crippen molar-refractivity contribution in [2.45, 2.75) is 6.54 Å². The minimum atomic E-state index is 0. The van der Waals surface area contributed by atoms with Crippen LogP contribution in [0, 0.1) is 0 Å². The lowest BCUT2D eigenvalue weighted by molar-refractivity contribution is 0.233. The predicted octanol–water partition coefficient (Wildman–Crippen LogP) is 3.00. The van der Waals surface area contributed by atoms with Gasteiger partial charge in [0.25, 0.3) is 0 Å². The monoisotopic (exact) mass is 325 g/mol. The Labute approximate surface area is 138 Å². The topological polar surface area (TPSA) is 28.2 Å². The van der Waals surface area contributed by atoms with Crippen LogP contribution in [0.2, 0.25) is 0 Å². The fourth-order valence-electron chi connectivity index (χ4n) is 2.52. The van der Waals surface area contributed by atoms with Crippen molar-refractivity contribution in [3.05, 3.63) is 54.4 Å². The first-order valence-corrected chi connectivity index (χ1v) is 6.84. The van der Waals surface area contributed by atoms with Gasteiger partial charge in [-0.25, -0.2) is 0 Å². The van der Waals surface area contributed by atoms with Gasteiger partial charge in [-0.1, -0.05) is 18.2 Å². The first kappa shape index (κ1) is 17.9. The zero-order chi connectivity index (χ0) is 12.9. The number of benzene rings is 1. The van der Waals surface area contributed by atoms with Gasteiger partial charge >= 0.3 is 0 Å². The lowest BCUT2D eigenvalue weighted by Gasteiger charge is -2.27. The molecule has 0 bridgehead atoms. The second kappa shape index (κ2) is 9.00. The Morgan fingerprint density at radius 1 is 0.952 bits per heavy atom. The number of hydrogen-bond donors (Lipinski definition) is 1. The second-order valence-corrected chi connectivity index (χ2v) is 4.96. The Morgan fingerprint density at radius 3 is 2.38 bits per heavy atom. The summed E-state index contributed by atoms with van der Waals surface area (Å²) >= 11 is 0. The van der Waals surface area contributed by atoms with Crippen LogP contribution in [0.25, 0.3) is 11.1 Å². The summed E-state index contributed by atoms with van der Waals surface area (Å²) in [7, 11) is 0. The molecule has 1 fully saturated rings. The van der Waals surface area contributed by atoms with Gasteiger partial charge in [0.15, 0.2) is 0 Å². The molecule has 2 aromatic rings. The average molecular weight is 326 g/mol. The first-order chi connectivity index (χ1) is 9.42. The zero-order valence-electron chi connectivity index (χ0n) is 11.9. The molecule has 1 aromatic heterocycles. The van der Waals surface area contributed by atoms with E-state index in [-0.39, 0.29) is 24.8 Å². The van der Waals surface area contributed by atoms with Crippen molar-refractivity contribution < 1.29 is 0 Å². The zero-order valence-corrected chi connectivity index (χ0v) is 13.5. The van der Waals surface area contributed by atoms with E-state index < -0.39 is 0 Å². The van der Waals surface area contributed by atoms with Gasteiger partial charge in [-0.05, 0) is 34.9 Å². The molecule has 0 unspecified atom stereocenters. The molecule has 1 aromatic carbocycles. The summed E-state index contributed by atoms with van der Waals surface area (Å²) in [4.78, 5) is 6.57. The van der Waals surface area contributed by atoms with E-state index in [1.807, 2.05) is 12.4 Å². The molecule has 114 valence electrons. The van der Waals surface area contributed by atoms with E-state index in [9.17, 15) is 0 Å². The van der Waals surface area contributed by atoms with Crippen molar-refractivity contribution in [2.24, 2.45) is 0 Å². The third-order valence-corrected chi connectivity index (χ3v) is 3.56. The number of hydrogen-bond acceptors (Lipinski definition) is 3. The van der Waals surface area contributed by atoms with E-state index in [2.05, 4.69) is 51.6 Å². The number of rotatable bonds is 3. The van der Waals surface area contributed by atoms with Gasteiger partial charge in [-0.2, -0.15) is 0 Å². The number of nitrogens with zero attached hydrogens (tertiary/aromatic N) is 2. The highest BCUT2D eigenvalue weighted by molar-refractivity contribution is 5.85. The minimum Gasteiger partial charge on any atom is -0.314 e. The van der Waals surface area contributed by atoms with E-state index in [1.54, 1.807) is 0 Å². The molecule has 1 aliphatic heterocycles. The van der Waals surface area contributed by atoms with Crippen molar-refractivity contribution >= 4 is 24.8 Å². The van der Waals surface area contributed by atoms with E-state index >= 15 is 0 Å². The van der Waals surface area contributed by atoms with Crippen LogP contribution < -0.4 is 5.32 Å². The SMILES string of the molecule is Cl.Cl.c1cc(CN2CCNCC2)cc(-c2ccncc2)c1. The van der Waals surface area contributed by atoms with Gasteiger partial charge in [0, 0.05) is 45.1 Å². The molecule has 1 N–H and O–H groups in total. The van der Waals surface area contributed by atoms with Gasteiger partial charge in [0.1, 0.15) is 0 Å². The Kier molecular flexibility index (Phi) is 7.68. The number of piperazine rings is 1. The lowest BCUT2D eigenvalue weighted by Crippen LogP contribution is -2.42. The van der Waals surface area contributed by atoms with Crippen LogP contribution in [0.4, 0.5) is 0 Å². The van der Waals surface area contributed by atoms with Crippen LogP contribution in [-0.4, -0.2) is 36.1 Å². The lowest BCUT2D eigenvalue weighted by atomic mass is 10.0. The summed E-state index contributed by atoms with van der Waals surface area (Å²) in [5.41, 5.74) is 3.89. The van der Waals surface area contributed by atoms with Gasteiger partial charge in [0.05, 0.1) is 0 Å². The highest BCUT2D eigenvalue weighted by atomic mass is 35.5. The molecule has 5 heteroatoms. The van der Waals surface area contributed by atoms with Gasteiger partial charge in [-0.3, -0.25) is 9.88 Å². The average Bonchev–Trinajstić information content (AvgIpc) is 2.49. The molecule has 0 amide bonds. The second-order valence-electron chi connectivity index (χ2n) is 4.96. The van der Waals surface area contributed by atoms with Gasteiger partial charge in [0.2, 0.25) is 0 Å². The molecule has 3 nitrogen and oxygen atoms in total. The molecule has 2 heterocycles. The fourth-order valence-corrected chi connectivity index (χ4v) is 2.52. The highest BCUT2D eigenvalue weighted by Crippen LogP contribution is 2.20. The molecule has 3 rings (SSSR count). The number of aromatic nitrogens is 1. The van der Waals surface area contributed by atoms with E-state index in [4.69, 9.17) is 0 Å². The third-order valence-electron chi connectivity index (χ3n) is 3.56. The molecule has 1 aliphatic rings. The highest BCUT2D eigenvalue weighted by Gasteiger charge is 2.10. The van der Waals surface area contributed by atoms with Crippen LogP contribution in [0.15, 0.2) is 48.8 Å². The Balaban J connectivity index is 0.00000110. The molecule has 0 aliphatic carbocycles. The van der Waals surface area contributed by atoms with Gasteiger partial charge < -0.3 is 5.32 Å². The number of pyridine rings is 1. The maximum atomic E-state index is 4.07. The van der Waals surface area contributed by atoms with Crippen molar-refractivity contribution in [1.82, 2.24) is 15.2 Å². The summed E-state index contributed by atoms with van der Waals surface area (Å²) in [5, 5.41) is 3.39. The predicted molar refractivity (Wildman–Crippen MR) is 92.3 cm³/mol. The van der Waals surface area contributed by atoms with Gasteiger partial charge in [-0.15, -0.1) is 24.8 Å². The maximum absolute atomic E-state index is 4.07. The normalized spacial score (nSPS) is 14.9. The van der Waals surface area contributed by atoms with Crippen molar-refractivity contribution in [2.75, 3.05) is 26.2 Å². The van der Waals surface area contributed by atoms with Crippen LogP contribution >= 0.6 is 24.8 Å². The molecule has 21 heavy (non-hydrogen) atoms. The summed E-state index contributed by atoms with van der Waals surface area (Å²) in [5.74, 6) is 0. The van der Waals surface area contributed by atoms with Crippen molar-refractivity contribution in [3.8, 4) is 11.1 Å². The van der Waals surface area contributed by atoms with E-state index in [1.165, 1.54) is 16.7 Å². The standard InChI is InChI=1S/C16H19N3.2ClH/c1-2-14(13-19-10-8-18-9-11-19)12-16(3-1)15-4-6-17-7-5-15;;/h1-7,12,18H,8-11,13H2;2*1H. The molecule has 0 atom stereocenters. The molecular formula is C16H21Cl2N3. The molecule has 1 saturated heterocycles. The Morgan fingerprint density at radius 2 is 1.67 bits per heavy atom. The van der Waals surface area contributed by atoms with Crippen LogP contribution in [-0.2, 0) is 6.54 Å². The van der Waals surface area contributed by atoms with E-state index in [0.717, 1.165) is 32.7 Å². The summed E-state index contributed by atoms with van der Waals surface area (Å²) in [6.45, 7) is 5.52. The minimum absolute atomic E-state index is 0. The van der Waals surface area contributed by atoms with Crippen LogP contribution in [0.3, 0.4) is 0 Å². The smallest absolute Gasteiger partial charge is 0.0273 e. The van der Waals surface area contributed by atoms with Crippen molar-refractivity contribution in [1.29, 1.82) is 0 Å².